The van der Waals surface area contributed by atoms with Gasteiger partial charge in [-0.2, -0.15) is 0 Å². The quantitative estimate of drug-likeness (QED) is 0.939. The van der Waals surface area contributed by atoms with E-state index in [1.807, 2.05) is 24.3 Å². The molecule has 1 unspecified atom stereocenters. The lowest BCUT2D eigenvalue weighted by atomic mass is 10.2. The Hall–Kier alpha value is -1.27. The third-order valence-electron chi connectivity index (χ3n) is 2.17. The largest absolute Gasteiger partial charge is 0.324 e. The van der Waals surface area contributed by atoms with Crippen molar-refractivity contribution >= 4 is 38.4 Å². The molecule has 1 aromatic carbocycles. The van der Waals surface area contributed by atoms with E-state index in [4.69, 9.17) is 0 Å². The van der Waals surface area contributed by atoms with Gasteiger partial charge in [0, 0.05) is 40.9 Å². The van der Waals surface area contributed by atoms with Crippen LogP contribution in [0.25, 0.3) is 0 Å². The lowest BCUT2D eigenvalue weighted by Gasteiger charge is -2.06. The van der Waals surface area contributed by atoms with Crippen LogP contribution in [0, 0.1) is 0 Å². The van der Waals surface area contributed by atoms with Gasteiger partial charge in [0.25, 0.3) is 0 Å². The summed E-state index contributed by atoms with van der Waals surface area (Å²) in [5.74, 6) is 1.09. The summed E-state index contributed by atoms with van der Waals surface area (Å²) in [5.41, 5.74) is 1.92. The number of hydrogen-bond donors (Lipinski definition) is 1. The van der Waals surface area contributed by atoms with Crippen molar-refractivity contribution < 1.29 is 4.21 Å². The zero-order chi connectivity index (χ0) is 13.0. The summed E-state index contributed by atoms with van der Waals surface area (Å²) in [6, 6.07) is 7.75. The molecule has 1 heterocycles. The molecular formula is C12H12BrN3OS. The average Bonchev–Trinajstić information content (AvgIpc) is 2.32. The van der Waals surface area contributed by atoms with Gasteiger partial charge in [-0.05, 0) is 33.6 Å². The van der Waals surface area contributed by atoms with Gasteiger partial charge < -0.3 is 5.32 Å². The first-order valence-corrected chi connectivity index (χ1v) is 7.79. The van der Waals surface area contributed by atoms with Crippen molar-refractivity contribution in [2.45, 2.75) is 5.75 Å². The lowest BCUT2D eigenvalue weighted by molar-refractivity contribution is 0.686. The molecule has 4 nitrogen and oxygen atoms in total. The summed E-state index contributed by atoms with van der Waals surface area (Å²) in [6.07, 6.45) is 5.05. The maximum Gasteiger partial charge on any atom is 0.227 e. The van der Waals surface area contributed by atoms with E-state index in [-0.39, 0.29) is 0 Å². The standard InChI is InChI=1S/C12H12BrN3OS/c1-18(17)8-9-3-2-4-11(5-9)16-12-14-6-10(13)7-15-12/h2-7H,8H2,1H3,(H,14,15,16). The summed E-state index contributed by atoms with van der Waals surface area (Å²) in [5, 5.41) is 3.10. The van der Waals surface area contributed by atoms with Gasteiger partial charge in [0.15, 0.2) is 0 Å². The second-order valence-electron chi connectivity index (χ2n) is 3.77. The predicted octanol–water partition coefficient (Wildman–Crippen LogP) is 2.86. The lowest BCUT2D eigenvalue weighted by Crippen LogP contribution is -1.98. The topological polar surface area (TPSA) is 54.9 Å². The average molecular weight is 326 g/mol. The van der Waals surface area contributed by atoms with Gasteiger partial charge in [-0.3, -0.25) is 4.21 Å². The van der Waals surface area contributed by atoms with E-state index in [9.17, 15) is 4.21 Å². The number of nitrogens with one attached hydrogen (secondary N) is 1. The Balaban J connectivity index is 2.13. The normalized spacial score (nSPS) is 12.1. The molecule has 1 aromatic heterocycles. The summed E-state index contributed by atoms with van der Waals surface area (Å²) in [6.45, 7) is 0. The van der Waals surface area contributed by atoms with Gasteiger partial charge in [0.2, 0.25) is 5.95 Å². The molecule has 0 aliphatic heterocycles. The fourth-order valence-electron chi connectivity index (χ4n) is 1.48. The van der Waals surface area contributed by atoms with Crippen molar-refractivity contribution in [2.24, 2.45) is 0 Å². The molecule has 0 saturated carbocycles. The van der Waals surface area contributed by atoms with E-state index in [1.165, 1.54) is 0 Å². The zero-order valence-corrected chi connectivity index (χ0v) is 12.2. The summed E-state index contributed by atoms with van der Waals surface area (Å²) < 4.78 is 12.0. The van der Waals surface area contributed by atoms with Crippen molar-refractivity contribution in [2.75, 3.05) is 11.6 Å². The number of halogens is 1. The molecule has 0 radical (unpaired) electrons. The van der Waals surface area contributed by atoms with Crippen LogP contribution >= 0.6 is 15.9 Å². The first-order valence-electron chi connectivity index (χ1n) is 5.27. The van der Waals surface area contributed by atoms with Crippen LogP contribution in [0.4, 0.5) is 11.6 Å². The molecule has 0 fully saturated rings. The van der Waals surface area contributed by atoms with Crippen LogP contribution in [0.2, 0.25) is 0 Å². The van der Waals surface area contributed by atoms with Crippen LogP contribution < -0.4 is 5.32 Å². The maximum absolute atomic E-state index is 11.2. The highest BCUT2D eigenvalue weighted by Crippen LogP contribution is 2.16. The molecular weight excluding hydrogens is 314 g/mol. The van der Waals surface area contributed by atoms with Crippen molar-refractivity contribution in [1.82, 2.24) is 9.97 Å². The minimum Gasteiger partial charge on any atom is -0.324 e. The zero-order valence-electron chi connectivity index (χ0n) is 9.76. The fourth-order valence-corrected chi connectivity index (χ4v) is 2.33. The Morgan fingerprint density at radius 1 is 1.33 bits per heavy atom. The summed E-state index contributed by atoms with van der Waals surface area (Å²) >= 11 is 3.28. The molecule has 0 saturated heterocycles. The molecule has 6 heteroatoms. The van der Waals surface area contributed by atoms with Crippen LogP contribution in [0.15, 0.2) is 41.1 Å². The Morgan fingerprint density at radius 3 is 2.72 bits per heavy atom. The molecule has 0 aliphatic rings. The first-order chi connectivity index (χ1) is 8.63. The number of benzene rings is 1. The molecule has 0 bridgehead atoms. The van der Waals surface area contributed by atoms with E-state index in [0.717, 1.165) is 15.7 Å². The van der Waals surface area contributed by atoms with E-state index < -0.39 is 10.8 Å². The van der Waals surface area contributed by atoms with Gasteiger partial charge in [-0.25, -0.2) is 9.97 Å². The van der Waals surface area contributed by atoms with Gasteiger partial charge >= 0.3 is 0 Å². The van der Waals surface area contributed by atoms with Crippen LogP contribution in [-0.2, 0) is 16.6 Å². The second kappa shape index (κ2) is 6.06. The predicted molar refractivity (Wildman–Crippen MR) is 77.2 cm³/mol. The minimum atomic E-state index is -0.840. The summed E-state index contributed by atoms with van der Waals surface area (Å²) in [4.78, 5) is 8.27. The van der Waals surface area contributed by atoms with E-state index in [1.54, 1.807) is 18.6 Å². The number of anilines is 2. The van der Waals surface area contributed by atoms with Crippen molar-refractivity contribution in [3.05, 3.63) is 46.7 Å². The second-order valence-corrected chi connectivity index (χ2v) is 6.12. The highest BCUT2D eigenvalue weighted by atomic mass is 79.9. The third kappa shape index (κ3) is 3.89. The number of nitrogens with zero attached hydrogens (tertiary/aromatic N) is 2. The van der Waals surface area contributed by atoms with Gasteiger partial charge in [-0.15, -0.1) is 0 Å². The SMILES string of the molecule is CS(=O)Cc1cccc(Nc2ncc(Br)cn2)c1. The van der Waals surface area contributed by atoms with E-state index >= 15 is 0 Å². The van der Waals surface area contributed by atoms with Gasteiger partial charge in [-0.1, -0.05) is 12.1 Å². The van der Waals surface area contributed by atoms with Crippen LogP contribution in [-0.4, -0.2) is 20.4 Å². The molecule has 0 spiro atoms. The minimum absolute atomic E-state index is 0.535. The Morgan fingerprint density at radius 2 is 2.06 bits per heavy atom. The molecule has 0 amide bonds. The Labute approximate surface area is 116 Å². The Kier molecular flexibility index (Phi) is 4.43. The number of aromatic nitrogens is 2. The fraction of sp³-hybridized carbons (Fsp3) is 0.167. The van der Waals surface area contributed by atoms with E-state index in [2.05, 4.69) is 31.2 Å². The molecule has 2 aromatic rings. The van der Waals surface area contributed by atoms with Gasteiger partial charge in [0.1, 0.15) is 0 Å². The molecule has 18 heavy (non-hydrogen) atoms. The van der Waals surface area contributed by atoms with Crippen molar-refractivity contribution in [3.63, 3.8) is 0 Å². The van der Waals surface area contributed by atoms with Crippen molar-refractivity contribution in [1.29, 1.82) is 0 Å². The summed E-state index contributed by atoms with van der Waals surface area (Å²) in [7, 11) is -0.840. The maximum atomic E-state index is 11.2. The molecule has 2 rings (SSSR count). The molecule has 94 valence electrons. The van der Waals surface area contributed by atoms with Crippen molar-refractivity contribution in [3.8, 4) is 0 Å². The van der Waals surface area contributed by atoms with Crippen LogP contribution in [0.5, 0.6) is 0 Å². The molecule has 1 N–H and O–H groups in total. The third-order valence-corrected chi connectivity index (χ3v) is 3.32. The highest BCUT2D eigenvalue weighted by molar-refractivity contribution is 9.10. The molecule has 0 aliphatic carbocycles. The number of rotatable bonds is 4. The number of hydrogen-bond acceptors (Lipinski definition) is 4. The highest BCUT2D eigenvalue weighted by Gasteiger charge is 2.00. The monoisotopic (exact) mass is 325 g/mol. The van der Waals surface area contributed by atoms with Gasteiger partial charge in [0.05, 0.1) is 4.47 Å². The molecule has 1 atom stereocenters. The van der Waals surface area contributed by atoms with E-state index in [0.29, 0.717) is 11.7 Å². The Bertz CT molecular complexity index is 560. The smallest absolute Gasteiger partial charge is 0.227 e. The van der Waals surface area contributed by atoms with Crippen LogP contribution in [0.3, 0.4) is 0 Å². The van der Waals surface area contributed by atoms with Crippen LogP contribution in [0.1, 0.15) is 5.56 Å². The first kappa shape index (κ1) is 13.2.